The predicted molar refractivity (Wildman–Crippen MR) is 108 cm³/mol. The van der Waals surface area contributed by atoms with Crippen molar-refractivity contribution in [3.05, 3.63) is 59.4 Å². The minimum atomic E-state index is 0.463. The molecule has 0 atom stereocenters. The van der Waals surface area contributed by atoms with Gasteiger partial charge in [0.15, 0.2) is 5.82 Å². The molecule has 0 amide bonds. The molecule has 0 aliphatic carbocycles. The molecule has 138 valence electrons. The van der Waals surface area contributed by atoms with Crippen LogP contribution in [0.25, 0.3) is 0 Å². The number of hydrogen-bond acceptors (Lipinski definition) is 7. The lowest BCUT2D eigenvalue weighted by Crippen LogP contribution is -2.47. The third kappa shape index (κ3) is 4.09. The number of nitrogens with zero attached hydrogens (tertiary/aromatic N) is 6. The first kappa shape index (κ1) is 17.5. The molecule has 0 spiro atoms. The summed E-state index contributed by atoms with van der Waals surface area (Å²) in [5.74, 6) is 2.29. The fourth-order valence-electron chi connectivity index (χ4n) is 3.06. The molecule has 0 saturated carbocycles. The Morgan fingerprint density at radius 2 is 1.78 bits per heavy atom. The van der Waals surface area contributed by atoms with E-state index in [0.717, 1.165) is 49.1 Å². The van der Waals surface area contributed by atoms with Crippen LogP contribution < -0.4 is 15.1 Å². The molecule has 0 unspecified atom stereocenters. The molecule has 1 aromatic carbocycles. The summed E-state index contributed by atoms with van der Waals surface area (Å²) in [4.78, 5) is 13.5. The monoisotopic (exact) mass is 381 g/mol. The summed E-state index contributed by atoms with van der Waals surface area (Å²) < 4.78 is 0. The molecule has 1 fully saturated rings. The van der Waals surface area contributed by atoms with Gasteiger partial charge in [-0.1, -0.05) is 23.7 Å². The van der Waals surface area contributed by atoms with E-state index in [9.17, 15) is 0 Å². The second-order valence-corrected chi connectivity index (χ2v) is 6.82. The topological polar surface area (TPSA) is 70.1 Å². The SMILES string of the molecule is Cc1ccc(Cl)cc1Nc1nncc(N2CCN(c3ccccn3)CC2)n1. The van der Waals surface area contributed by atoms with E-state index < -0.39 is 0 Å². The van der Waals surface area contributed by atoms with E-state index in [-0.39, 0.29) is 0 Å². The number of piperazine rings is 1. The van der Waals surface area contributed by atoms with Crippen LogP contribution in [0.5, 0.6) is 0 Å². The number of aromatic nitrogens is 4. The number of anilines is 4. The molecule has 1 aliphatic rings. The second-order valence-electron chi connectivity index (χ2n) is 6.38. The van der Waals surface area contributed by atoms with E-state index in [2.05, 4.69) is 35.3 Å². The average molecular weight is 382 g/mol. The molecular weight excluding hydrogens is 362 g/mol. The van der Waals surface area contributed by atoms with Crippen molar-refractivity contribution in [1.82, 2.24) is 20.2 Å². The number of halogens is 1. The average Bonchev–Trinajstić information content (AvgIpc) is 2.72. The number of rotatable bonds is 4. The van der Waals surface area contributed by atoms with Gasteiger partial charge in [0.05, 0.1) is 6.20 Å². The van der Waals surface area contributed by atoms with Crippen molar-refractivity contribution in [2.75, 3.05) is 41.3 Å². The lowest BCUT2D eigenvalue weighted by Gasteiger charge is -2.35. The van der Waals surface area contributed by atoms with Crippen LogP contribution in [0.2, 0.25) is 5.02 Å². The van der Waals surface area contributed by atoms with E-state index in [0.29, 0.717) is 11.0 Å². The van der Waals surface area contributed by atoms with Crippen LogP contribution >= 0.6 is 11.6 Å². The van der Waals surface area contributed by atoms with E-state index in [1.165, 1.54) is 0 Å². The van der Waals surface area contributed by atoms with Crippen molar-refractivity contribution in [1.29, 1.82) is 0 Å². The van der Waals surface area contributed by atoms with Crippen molar-refractivity contribution >= 4 is 34.9 Å². The zero-order valence-corrected chi connectivity index (χ0v) is 15.8. The van der Waals surface area contributed by atoms with Gasteiger partial charge in [0.2, 0.25) is 5.95 Å². The van der Waals surface area contributed by atoms with Gasteiger partial charge in [-0.15, -0.1) is 5.10 Å². The van der Waals surface area contributed by atoms with Gasteiger partial charge < -0.3 is 15.1 Å². The van der Waals surface area contributed by atoms with Crippen molar-refractivity contribution in [2.45, 2.75) is 6.92 Å². The highest BCUT2D eigenvalue weighted by molar-refractivity contribution is 6.30. The van der Waals surface area contributed by atoms with Crippen LogP contribution in [0.15, 0.2) is 48.8 Å². The van der Waals surface area contributed by atoms with Crippen molar-refractivity contribution in [2.24, 2.45) is 0 Å². The summed E-state index contributed by atoms with van der Waals surface area (Å²) in [5, 5.41) is 12.1. The quantitative estimate of drug-likeness (QED) is 0.743. The smallest absolute Gasteiger partial charge is 0.249 e. The summed E-state index contributed by atoms with van der Waals surface area (Å²) >= 11 is 6.09. The Balaban J connectivity index is 1.45. The molecule has 7 nitrogen and oxygen atoms in total. The van der Waals surface area contributed by atoms with Crippen LogP contribution in [0, 0.1) is 6.92 Å². The maximum absolute atomic E-state index is 6.09. The van der Waals surface area contributed by atoms with Crippen molar-refractivity contribution in [3.8, 4) is 0 Å². The van der Waals surface area contributed by atoms with Gasteiger partial charge in [0.25, 0.3) is 0 Å². The van der Waals surface area contributed by atoms with Gasteiger partial charge in [-0.05, 0) is 36.8 Å². The third-order valence-electron chi connectivity index (χ3n) is 4.57. The number of benzene rings is 1. The fraction of sp³-hybridized carbons (Fsp3) is 0.263. The molecule has 2 aromatic heterocycles. The molecule has 0 bridgehead atoms. The summed E-state index contributed by atoms with van der Waals surface area (Å²) in [6.45, 7) is 5.48. The molecule has 3 aromatic rings. The van der Waals surface area contributed by atoms with Crippen LogP contribution in [0.3, 0.4) is 0 Å². The standard InChI is InChI=1S/C19H20ClN7/c1-14-5-6-15(20)12-16(14)23-19-24-18(13-22-25-19)27-10-8-26(9-11-27)17-4-2-3-7-21-17/h2-7,12-13H,8-11H2,1H3,(H,23,24,25). The minimum absolute atomic E-state index is 0.463. The Morgan fingerprint density at radius 3 is 2.52 bits per heavy atom. The Hall–Kier alpha value is -2.93. The Kier molecular flexibility index (Phi) is 5.02. The lowest BCUT2D eigenvalue weighted by molar-refractivity contribution is 0.639. The number of aryl methyl sites for hydroxylation is 1. The predicted octanol–water partition coefficient (Wildman–Crippen LogP) is 3.30. The molecule has 8 heteroatoms. The zero-order chi connectivity index (χ0) is 18.6. The van der Waals surface area contributed by atoms with Crippen LogP contribution in [-0.4, -0.2) is 46.3 Å². The number of pyridine rings is 1. The van der Waals surface area contributed by atoms with E-state index in [1.807, 2.05) is 49.5 Å². The Bertz CT molecular complexity index is 911. The largest absolute Gasteiger partial charge is 0.353 e. The highest BCUT2D eigenvalue weighted by Gasteiger charge is 2.19. The van der Waals surface area contributed by atoms with Crippen LogP contribution in [0.4, 0.5) is 23.3 Å². The van der Waals surface area contributed by atoms with Crippen LogP contribution in [0.1, 0.15) is 5.56 Å². The van der Waals surface area contributed by atoms with Gasteiger partial charge in [-0.3, -0.25) is 0 Å². The molecule has 3 heterocycles. The molecule has 27 heavy (non-hydrogen) atoms. The van der Waals surface area contributed by atoms with Gasteiger partial charge in [-0.2, -0.15) is 10.1 Å². The third-order valence-corrected chi connectivity index (χ3v) is 4.80. The van der Waals surface area contributed by atoms with Gasteiger partial charge >= 0.3 is 0 Å². The maximum atomic E-state index is 6.09. The summed E-state index contributed by atoms with van der Waals surface area (Å²) in [6.07, 6.45) is 3.53. The highest BCUT2D eigenvalue weighted by Crippen LogP contribution is 2.23. The van der Waals surface area contributed by atoms with E-state index >= 15 is 0 Å². The number of nitrogens with one attached hydrogen (secondary N) is 1. The highest BCUT2D eigenvalue weighted by atomic mass is 35.5. The van der Waals surface area contributed by atoms with E-state index in [1.54, 1.807) is 6.20 Å². The number of hydrogen-bond donors (Lipinski definition) is 1. The molecule has 0 radical (unpaired) electrons. The van der Waals surface area contributed by atoms with Crippen molar-refractivity contribution < 1.29 is 0 Å². The second kappa shape index (κ2) is 7.75. The fourth-order valence-corrected chi connectivity index (χ4v) is 3.23. The molecule has 4 rings (SSSR count). The van der Waals surface area contributed by atoms with Gasteiger partial charge in [0.1, 0.15) is 5.82 Å². The Labute approximate surface area is 163 Å². The molecule has 1 saturated heterocycles. The molecule has 1 aliphatic heterocycles. The minimum Gasteiger partial charge on any atom is -0.353 e. The van der Waals surface area contributed by atoms with E-state index in [4.69, 9.17) is 11.6 Å². The first-order valence-electron chi connectivity index (χ1n) is 8.83. The Morgan fingerprint density at radius 1 is 1.00 bits per heavy atom. The van der Waals surface area contributed by atoms with Crippen molar-refractivity contribution in [3.63, 3.8) is 0 Å². The molecular formula is C19H20ClN7. The summed E-state index contributed by atoms with van der Waals surface area (Å²) in [6, 6.07) is 11.7. The van der Waals surface area contributed by atoms with Gasteiger partial charge in [0, 0.05) is 43.1 Å². The zero-order valence-electron chi connectivity index (χ0n) is 15.0. The first-order chi connectivity index (χ1) is 13.2. The van der Waals surface area contributed by atoms with Gasteiger partial charge in [-0.25, -0.2) is 4.98 Å². The lowest BCUT2D eigenvalue weighted by atomic mass is 10.2. The summed E-state index contributed by atoms with van der Waals surface area (Å²) in [5.41, 5.74) is 1.94. The first-order valence-corrected chi connectivity index (χ1v) is 9.21. The summed E-state index contributed by atoms with van der Waals surface area (Å²) in [7, 11) is 0. The maximum Gasteiger partial charge on any atom is 0.249 e. The normalized spacial score (nSPS) is 14.3. The van der Waals surface area contributed by atoms with Crippen LogP contribution in [-0.2, 0) is 0 Å². The molecule has 1 N–H and O–H groups in total.